The number of nitrogens with zero attached hydrogens (tertiary/aromatic N) is 4. The first-order valence-electron chi connectivity index (χ1n) is 14.9. The number of fused-ring (bicyclic) bond motifs is 6. The van der Waals surface area contributed by atoms with Crippen molar-refractivity contribution in [3.8, 4) is 51.4 Å². The number of furan rings is 1. The molecule has 9 aromatic rings. The van der Waals surface area contributed by atoms with E-state index in [1.165, 1.54) is 20.2 Å². The lowest BCUT2D eigenvalue weighted by Crippen LogP contribution is -2.01. The number of benzene rings is 6. The molecule has 0 radical (unpaired) electrons. The Labute approximate surface area is 267 Å². The van der Waals surface area contributed by atoms with E-state index in [-0.39, 0.29) is 0 Å². The molecule has 5 nitrogen and oxygen atoms in total. The SMILES string of the molecule is N#Cc1ccccc1-c1nc(-c2ccccc2)nc(-c2cccc3c2oc2cccc(-c4ccc5sc6ccccc6c5c4)c23)n1. The Morgan fingerprint density at radius 2 is 1.20 bits per heavy atom. The van der Waals surface area contributed by atoms with Crippen LogP contribution in [-0.2, 0) is 0 Å². The standard InChI is InChI=1S/C40H22N4OS/c41-23-26-12-4-5-13-28(26)39-42-38(24-10-2-1-3-11-24)43-40(44-39)31-17-8-16-30-36-27(15-9-18-33(36)45-37(30)31)25-20-21-35-32(22-25)29-14-6-7-19-34(29)46-35/h1-22H. The van der Waals surface area contributed by atoms with Crippen LogP contribution in [0.3, 0.4) is 0 Å². The fourth-order valence-electron chi connectivity index (χ4n) is 6.27. The van der Waals surface area contributed by atoms with Gasteiger partial charge in [-0.15, -0.1) is 11.3 Å². The average molecular weight is 607 g/mol. The topological polar surface area (TPSA) is 75.6 Å². The number of rotatable bonds is 4. The van der Waals surface area contributed by atoms with Gasteiger partial charge >= 0.3 is 0 Å². The van der Waals surface area contributed by atoms with Gasteiger partial charge in [-0.1, -0.05) is 91.0 Å². The van der Waals surface area contributed by atoms with Gasteiger partial charge in [0.15, 0.2) is 17.5 Å². The first kappa shape index (κ1) is 26.3. The molecule has 0 bridgehead atoms. The number of hydrogen-bond donors (Lipinski definition) is 0. The summed E-state index contributed by atoms with van der Waals surface area (Å²) in [7, 11) is 0. The van der Waals surface area contributed by atoms with Crippen LogP contribution in [0.25, 0.3) is 87.4 Å². The van der Waals surface area contributed by atoms with Crippen molar-refractivity contribution in [2.75, 3.05) is 0 Å². The summed E-state index contributed by atoms with van der Waals surface area (Å²) < 4.78 is 9.19. The van der Waals surface area contributed by atoms with Crippen molar-refractivity contribution in [3.05, 3.63) is 139 Å². The molecule has 0 saturated heterocycles. The summed E-state index contributed by atoms with van der Waals surface area (Å²) in [5.41, 5.74) is 6.51. The van der Waals surface area contributed by atoms with Crippen LogP contribution < -0.4 is 0 Å². The molecule has 6 heteroatoms. The van der Waals surface area contributed by atoms with E-state index >= 15 is 0 Å². The molecule has 0 fully saturated rings. The van der Waals surface area contributed by atoms with E-state index in [2.05, 4.69) is 60.7 Å². The summed E-state index contributed by atoms with van der Waals surface area (Å²) in [4.78, 5) is 14.7. The molecular weight excluding hydrogens is 585 g/mol. The van der Waals surface area contributed by atoms with Crippen LogP contribution in [0.5, 0.6) is 0 Å². The van der Waals surface area contributed by atoms with Crippen LogP contribution in [0.2, 0.25) is 0 Å². The fraction of sp³-hybridized carbons (Fsp3) is 0. The van der Waals surface area contributed by atoms with E-state index in [0.717, 1.165) is 38.6 Å². The Hall–Kier alpha value is -6.16. The van der Waals surface area contributed by atoms with Gasteiger partial charge in [-0.05, 0) is 53.6 Å². The van der Waals surface area contributed by atoms with Crippen LogP contribution in [0.4, 0.5) is 0 Å². The van der Waals surface area contributed by atoms with Gasteiger partial charge in [0.05, 0.1) is 17.2 Å². The van der Waals surface area contributed by atoms with Crippen molar-refractivity contribution in [1.82, 2.24) is 15.0 Å². The lowest BCUT2D eigenvalue weighted by molar-refractivity contribution is 0.669. The van der Waals surface area contributed by atoms with Crippen molar-refractivity contribution >= 4 is 53.4 Å². The number of hydrogen-bond acceptors (Lipinski definition) is 6. The zero-order valence-electron chi connectivity index (χ0n) is 24.3. The zero-order chi connectivity index (χ0) is 30.6. The van der Waals surface area contributed by atoms with Crippen molar-refractivity contribution in [3.63, 3.8) is 0 Å². The van der Waals surface area contributed by atoms with E-state index in [9.17, 15) is 5.26 Å². The number of para-hydroxylation sites is 1. The average Bonchev–Trinajstić information content (AvgIpc) is 3.70. The highest BCUT2D eigenvalue weighted by atomic mass is 32.1. The molecule has 6 aromatic carbocycles. The number of nitriles is 1. The Bertz CT molecular complexity index is 2670. The minimum Gasteiger partial charge on any atom is -0.455 e. The largest absolute Gasteiger partial charge is 0.455 e. The van der Waals surface area contributed by atoms with Gasteiger partial charge in [0.25, 0.3) is 0 Å². The Morgan fingerprint density at radius 3 is 2.09 bits per heavy atom. The van der Waals surface area contributed by atoms with Crippen molar-refractivity contribution in [2.45, 2.75) is 0 Å². The molecule has 3 heterocycles. The first-order valence-corrected chi connectivity index (χ1v) is 15.7. The lowest BCUT2D eigenvalue weighted by Gasteiger charge is -2.09. The maximum atomic E-state index is 9.86. The molecule has 0 atom stereocenters. The monoisotopic (exact) mass is 606 g/mol. The van der Waals surface area contributed by atoms with Gasteiger partial charge < -0.3 is 4.42 Å². The molecule has 46 heavy (non-hydrogen) atoms. The van der Waals surface area contributed by atoms with Crippen LogP contribution in [0.15, 0.2) is 138 Å². The smallest absolute Gasteiger partial charge is 0.167 e. The van der Waals surface area contributed by atoms with E-state index in [1.807, 2.05) is 84.1 Å². The number of thiophene rings is 1. The second-order valence-electron chi connectivity index (χ2n) is 11.1. The third-order valence-corrected chi connectivity index (χ3v) is 9.56. The van der Waals surface area contributed by atoms with Crippen LogP contribution >= 0.6 is 11.3 Å². The molecule has 0 aliphatic carbocycles. The van der Waals surface area contributed by atoms with Crippen molar-refractivity contribution in [1.29, 1.82) is 5.26 Å². The summed E-state index contributed by atoms with van der Waals surface area (Å²) in [6, 6.07) is 47.1. The normalized spacial score (nSPS) is 11.5. The summed E-state index contributed by atoms with van der Waals surface area (Å²) in [5.74, 6) is 1.44. The minimum atomic E-state index is 0.436. The maximum absolute atomic E-state index is 9.86. The van der Waals surface area contributed by atoms with Crippen LogP contribution in [-0.4, -0.2) is 15.0 Å². The molecule has 3 aromatic heterocycles. The Balaban J connectivity index is 1.27. The molecular formula is C40H22N4OS. The number of aromatic nitrogens is 3. The molecule has 0 N–H and O–H groups in total. The highest BCUT2D eigenvalue weighted by Gasteiger charge is 2.20. The highest BCUT2D eigenvalue weighted by molar-refractivity contribution is 7.25. The second-order valence-corrected chi connectivity index (χ2v) is 12.2. The predicted octanol–water partition coefficient (Wildman–Crippen LogP) is 10.7. The molecule has 0 amide bonds. The molecule has 0 aliphatic heterocycles. The maximum Gasteiger partial charge on any atom is 0.167 e. The summed E-state index contributed by atoms with van der Waals surface area (Å²) in [6.07, 6.45) is 0. The van der Waals surface area contributed by atoms with Gasteiger partial charge in [0, 0.05) is 42.1 Å². The predicted molar refractivity (Wildman–Crippen MR) is 186 cm³/mol. The van der Waals surface area contributed by atoms with Gasteiger partial charge in [-0.3, -0.25) is 0 Å². The van der Waals surface area contributed by atoms with Gasteiger partial charge in [-0.2, -0.15) is 5.26 Å². The quantitative estimate of drug-likeness (QED) is 0.199. The van der Waals surface area contributed by atoms with E-state index in [0.29, 0.717) is 34.2 Å². The highest BCUT2D eigenvalue weighted by Crippen LogP contribution is 2.42. The van der Waals surface area contributed by atoms with Gasteiger partial charge in [0.2, 0.25) is 0 Å². The van der Waals surface area contributed by atoms with Crippen molar-refractivity contribution in [2.24, 2.45) is 0 Å². The fourth-order valence-corrected chi connectivity index (χ4v) is 7.35. The van der Waals surface area contributed by atoms with Crippen LogP contribution in [0, 0.1) is 11.3 Å². The molecule has 9 rings (SSSR count). The van der Waals surface area contributed by atoms with Crippen molar-refractivity contribution < 1.29 is 4.42 Å². The Kier molecular flexibility index (Phi) is 5.98. The minimum absolute atomic E-state index is 0.436. The van der Waals surface area contributed by atoms with Crippen LogP contribution in [0.1, 0.15) is 5.56 Å². The van der Waals surface area contributed by atoms with Gasteiger partial charge in [-0.25, -0.2) is 15.0 Å². The van der Waals surface area contributed by atoms with E-state index < -0.39 is 0 Å². The molecule has 0 unspecified atom stereocenters. The molecule has 0 aliphatic rings. The summed E-state index contributed by atoms with van der Waals surface area (Å²) in [5, 5.41) is 14.4. The zero-order valence-corrected chi connectivity index (χ0v) is 25.1. The lowest BCUT2D eigenvalue weighted by atomic mass is 9.97. The summed E-state index contributed by atoms with van der Waals surface area (Å²) >= 11 is 1.82. The summed E-state index contributed by atoms with van der Waals surface area (Å²) in [6.45, 7) is 0. The molecule has 214 valence electrons. The molecule has 0 spiro atoms. The molecule has 0 saturated carbocycles. The third kappa shape index (κ3) is 4.18. The van der Waals surface area contributed by atoms with Gasteiger partial charge in [0.1, 0.15) is 11.2 Å². The van der Waals surface area contributed by atoms with E-state index in [1.54, 1.807) is 6.07 Å². The van der Waals surface area contributed by atoms with E-state index in [4.69, 9.17) is 19.4 Å². The third-order valence-electron chi connectivity index (χ3n) is 8.41. The Morgan fingerprint density at radius 1 is 0.522 bits per heavy atom. The second kappa shape index (κ2) is 10.5. The first-order chi connectivity index (χ1) is 22.7.